The Morgan fingerprint density at radius 2 is 1.91 bits per heavy atom. The molecule has 0 atom stereocenters. The van der Waals surface area contributed by atoms with Gasteiger partial charge in [-0.2, -0.15) is 0 Å². The lowest BCUT2D eigenvalue weighted by molar-refractivity contribution is -0.124. The molecule has 4 nitrogen and oxygen atoms in total. The molecule has 22 heavy (non-hydrogen) atoms. The highest BCUT2D eigenvalue weighted by molar-refractivity contribution is 6.35. The maximum Gasteiger partial charge on any atom is 0.340 e. The summed E-state index contributed by atoms with van der Waals surface area (Å²) in [6, 6.07) is 4.52. The summed E-state index contributed by atoms with van der Waals surface area (Å²) in [6.07, 6.45) is 6.03. The van der Waals surface area contributed by atoms with E-state index in [1.807, 2.05) is 0 Å². The number of benzene rings is 1. The number of esters is 1. The zero-order valence-electron chi connectivity index (χ0n) is 12.2. The Balaban J connectivity index is 1.75. The minimum atomic E-state index is -0.652. The Morgan fingerprint density at radius 1 is 1.18 bits per heavy atom. The predicted molar refractivity (Wildman–Crippen MR) is 86.3 cm³/mol. The summed E-state index contributed by atoms with van der Waals surface area (Å²) >= 11 is 11.7. The van der Waals surface area contributed by atoms with Crippen LogP contribution in [0, 0.1) is 5.92 Å². The highest BCUT2D eigenvalue weighted by Crippen LogP contribution is 2.23. The van der Waals surface area contributed by atoms with E-state index in [2.05, 4.69) is 5.32 Å². The van der Waals surface area contributed by atoms with E-state index < -0.39 is 5.97 Å². The van der Waals surface area contributed by atoms with E-state index in [4.69, 9.17) is 27.9 Å². The van der Waals surface area contributed by atoms with Gasteiger partial charge in [0.2, 0.25) is 0 Å². The van der Waals surface area contributed by atoms with Crippen LogP contribution in [0.3, 0.4) is 0 Å². The van der Waals surface area contributed by atoms with E-state index >= 15 is 0 Å². The number of nitrogens with one attached hydrogen (secondary N) is 1. The second-order valence-electron chi connectivity index (χ2n) is 5.51. The standard InChI is InChI=1S/C16H19Cl2NO3/c17-12-6-7-14(18)13(8-12)16(21)22-10-15(20)19-9-11-4-2-1-3-5-11/h6-8,11H,1-5,9-10H2,(H,19,20). The molecule has 1 N–H and O–H groups in total. The van der Waals surface area contributed by atoms with E-state index in [1.165, 1.54) is 31.4 Å². The lowest BCUT2D eigenvalue weighted by Gasteiger charge is -2.21. The van der Waals surface area contributed by atoms with Crippen LogP contribution < -0.4 is 5.32 Å². The largest absolute Gasteiger partial charge is 0.452 e. The summed E-state index contributed by atoms with van der Waals surface area (Å²) in [4.78, 5) is 23.6. The molecule has 0 bridgehead atoms. The molecule has 0 unspecified atom stereocenters. The van der Waals surface area contributed by atoms with Gasteiger partial charge in [-0.05, 0) is 37.0 Å². The van der Waals surface area contributed by atoms with Crippen molar-refractivity contribution in [3.63, 3.8) is 0 Å². The predicted octanol–water partition coefficient (Wildman–Crippen LogP) is 3.85. The van der Waals surface area contributed by atoms with Crippen molar-refractivity contribution in [2.75, 3.05) is 13.2 Å². The fraction of sp³-hybridized carbons (Fsp3) is 0.500. The van der Waals surface area contributed by atoms with Gasteiger partial charge in [0.05, 0.1) is 10.6 Å². The Morgan fingerprint density at radius 3 is 2.64 bits per heavy atom. The minimum Gasteiger partial charge on any atom is -0.452 e. The molecule has 1 fully saturated rings. The zero-order chi connectivity index (χ0) is 15.9. The third-order valence-electron chi connectivity index (χ3n) is 3.80. The summed E-state index contributed by atoms with van der Waals surface area (Å²) in [5.74, 6) is -0.409. The van der Waals surface area contributed by atoms with Crippen molar-refractivity contribution in [2.24, 2.45) is 5.92 Å². The van der Waals surface area contributed by atoms with Gasteiger partial charge < -0.3 is 10.1 Å². The molecule has 0 radical (unpaired) electrons. The van der Waals surface area contributed by atoms with Gasteiger partial charge in [0.15, 0.2) is 6.61 Å². The summed E-state index contributed by atoms with van der Waals surface area (Å²) < 4.78 is 4.97. The van der Waals surface area contributed by atoms with Gasteiger partial charge in [-0.15, -0.1) is 0 Å². The SMILES string of the molecule is O=C(COC(=O)c1cc(Cl)ccc1Cl)NCC1CCCCC1. The number of carbonyl (C=O) groups is 2. The maximum absolute atomic E-state index is 11.9. The van der Waals surface area contributed by atoms with Crippen LogP contribution in [0.25, 0.3) is 0 Å². The molecule has 0 aromatic heterocycles. The van der Waals surface area contributed by atoms with E-state index in [9.17, 15) is 9.59 Å². The molecule has 0 heterocycles. The van der Waals surface area contributed by atoms with Gasteiger partial charge in [-0.1, -0.05) is 42.5 Å². The average molecular weight is 344 g/mol. The zero-order valence-corrected chi connectivity index (χ0v) is 13.8. The van der Waals surface area contributed by atoms with Crippen LogP contribution in [0.5, 0.6) is 0 Å². The summed E-state index contributed by atoms with van der Waals surface area (Å²) in [7, 11) is 0. The number of amides is 1. The van der Waals surface area contributed by atoms with Crippen molar-refractivity contribution in [3.05, 3.63) is 33.8 Å². The van der Waals surface area contributed by atoms with Crippen molar-refractivity contribution in [1.82, 2.24) is 5.32 Å². The fourth-order valence-corrected chi connectivity index (χ4v) is 2.93. The third-order valence-corrected chi connectivity index (χ3v) is 4.36. The molecule has 1 amide bonds. The monoisotopic (exact) mass is 343 g/mol. The van der Waals surface area contributed by atoms with Gasteiger partial charge in [0.1, 0.15) is 0 Å². The lowest BCUT2D eigenvalue weighted by atomic mass is 9.89. The molecule has 1 aromatic rings. The van der Waals surface area contributed by atoms with Crippen LogP contribution in [0.2, 0.25) is 10.0 Å². The van der Waals surface area contributed by atoms with Crippen LogP contribution in [0.1, 0.15) is 42.5 Å². The number of ether oxygens (including phenoxy) is 1. The van der Waals surface area contributed by atoms with Gasteiger partial charge in [-0.25, -0.2) is 4.79 Å². The smallest absolute Gasteiger partial charge is 0.340 e. The summed E-state index contributed by atoms with van der Waals surface area (Å²) in [6.45, 7) is 0.336. The van der Waals surface area contributed by atoms with Gasteiger partial charge >= 0.3 is 5.97 Å². The topological polar surface area (TPSA) is 55.4 Å². The molecule has 1 aromatic carbocycles. The Kier molecular flexibility index (Phi) is 6.52. The van der Waals surface area contributed by atoms with Gasteiger partial charge in [0, 0.05) is 11.6 Å². The Labute approximate surface area is 140 Å². The number of hydrogen-bond donors (Lipinski definition) is 1. The molecule has 0 spiro atoms. The molecule has 1 aliphatic rings. The molecule has 120 valence electrons. The third kappa shape index (κ3) is 5.18. The first kappa shape index (κ1) is 17.1. The molecular weight excluding hydrogens is 325 g/mol. The normalized spacial score (nSPS) is 15.4. The first-order chi connectivity index (χ1) is 10.6. The van der Waals surface area contributed by atoms with Crippen molar-refractivity contribution >= 4 is 35.1 Å². The Hall–Kier alpha value is -1.26. The van der Waals surface area contributed by atoms with Gasteiger partial charge in [-0.3, -0.25) is 4.79 Å². The van der Waals surface area contributed by atoms with Crippen molar-refractivity contribution < 1.29 is 14.3 Å². The van der Waals surface area contributed by atoms with Crippen LogP contribution in [0.4, 0.5) is 0 Å². The van der Waals surface area contributed by atoms with E-state index in [0.29, 0.717) is 17.5 Å². The molecule has 2 rings (SSSR count). The van der Waals surface area contributed by atoms with Crippen LogP contribution >= 0.6 is 23.2 Å². The molecule has 1 aliphatic carbocycles. The van der Waals surface area contributed by atoms with Crippen LogP contribution in [-0.4, -0.2) is 25.0 Å². The molecule has 0 aliphatic heterocycles. The number of hydrogen-bond acceptors (Lipinski definition) is 3. The van der Waals surface area contributed by atoms with E-state index in [0.717, 1.165) is 12.8 Å². The van der Waals surface area contributed by atoms with Crippen LogP contribution in [-0.2, 0) is 9.53 Å². The molecule has 1 saturated carbocycles. The number of carbonyl (C=O) groups excluding carboxylic acids is 2. The maximum atomic E-state index is 11.9. The lowest BCUT2D eigenvalue weighted by Crippen LogP contribution is -2.33. The van der Waals surface area contributed by atoms with Gasteiger partial charge in [0.25, 0.3) is 5.91 Å². The van der Waals surface area contributed by atoms with Crippen molar-refractivity contribution in [2.45, 2.75) is 32.1 Å². The first-order valence-corrected chi connectivity index (χ1v) is 8.20. The quantitative estimate of drug-likeness (QED) is 0.826. The van der Waals surface area contributed by atoms with E-state index in [1.54, 1.807) is 6.07 Å². The number of halogens is 2. The fourth-order valence-electron chi connectivity index (χ4n) is 2.56. The number of rotatable bonds is 5. The molecular formula is C16H19Cl2NO3. The van der Waals surface area contributed by atoms with Crippen molar-refractivity contribution in [1.29, 1.82) is 0 Å². The molecule has 0 saturated heterocycles. The van der Waals surface area contributed by atoms with Crippen LogP contribution in [0.15, 0.2) is 18.2 Å². The summed E-state index contributed by atoms with van der Waals surface area (Å²) in [5.41, 5.74) is 0.161. The minimum absolute atomic E-state index is 0.161. The average Bonchev–Trinajstić information content (AvgIpc) is 2.54. The second-order valence-corrected chi connectivity index (χ2v) is 6.35. The van der Waals surface area contributed by atoms with E-state index in [-0.39, 0.29) is 23.1 Å². The second kappa shape index (κ2) is 8.39. The first-order valence-electron chi connectivity index (χ1n) is 7.45. The Bertz CT molecular complexity index is 542. The molecule has 6 heteroatoms. The summed E-state index contributed by atoms with van der Waals surface area (Å²) in [5, 5.41) is 3.44. The highest BCUT2D eigenvalue weighted by atomic mass is 35.5. The highest BCUT2D eigenvalue weighted by Gasteiger charge is 2.16. The van der Waals surface area contributed by atoms with Crippen molar-refractivity contribution in [3.8, 4) is 0 Å².